The molecular formula is C13H10F2O. The Morgan fingerprint density at radius 3 is 2.25 bits per heavy atom. The first-order valence-electron chi connectivity index (χ1n) is 4.83. The maximum absolute atomic E-state index is 13.6. The fraction of sp³-hybridized carbons (Fsp3) is 0.0769. The second-order valence-electron chi connectivity index (χ2n) is 3.64. The second kappa shape index (κ2) is 3.93. The summed E-state index contributed by atoms with van der Waals surface area (Å²) in [5.41, 5.74) is 1.35. The molecule has 0 heterocycles. The molecule has 0 atom stereocenters. The zero-order valence-electron chi connectivity index (χ0n) is 8.67. The molecule has 3 heteroatoms. The summed E-state index contributed by atoms with van der Waals surface area (Å²) >= 11 is 0. The Morgan fingerprint density at radius 2 is 1.62 bits per heavy atom. The van der Waals surface area contributed by atoms with Gasteiger partial charge in [0, 0.05) is 17.2 Å². The van der Waals surface area contributed by atoms with Crippen LogP contribution in [0.4, 0.5) is 8.78 Å². The summed E-state index contributed by atoms with van der Waals surface area (Å²) in [6.45, 7) is 1.78. The van der Waals surface area contributed by atoms with E-state index in [4.69, 9.17) is 0 Å². The van der Waals surface area contributed by atoms with Crippen LogP contribution in [0.25, 0.3) is 11.1 Å². The second-order valence-corrected chi connectivity index (χ2v) is 3.64. The van der Waals surface area contributed by atoms with Crippen LogP contribution in [0.1, 0.15) is 5.56 Å². The van der Waals surface area contributed by atoms with E-state index in [-0.39, 0.29) is 11.3 Å². The summed E-state index contributed by atoms with van der Waals surface area (Å²) in [4.78, 5) is 0. The number of hydrogen-bond acceptors (Lipinski definition) is 1. The molecule has 2 aromatic rings. The average Bonchev–Trinajstić information content (AvgIpc) is 2.19. The van der Waals surface area contributed by atoms with Crippen molar-refractivity contribution in [2.45, 2.75) is 6.92 Å². The smallest absolute Gasteiger partial charge is 0.131 e. The van der Waals surface area contributed by atoms with Gasteiger partial charge in [0.25, 0.3) is 0 Å². The third-order valence-electron chi connectivity index (χ3n) is 2.37. The third-order valence-corrected chi connectivity index (χ3v) is 2.37. The predicted octanol–water partition coefficient (Wildman–Crippen LogP) is 3.65. The van der Waals surface area contributed by atoms with Crippen molar-refractivity contribution in [2.24, 2.45) is 0 Å². The van der Waals surface area contributed by atoms with Crippen LogP contribution in [0.15, 0.2) is 36.4 Å². The number of aromatic hydroxyl groups is 1. The minimum absolute atomic E-state index is 0.261. The molecule has 0 fully saturated rings. The van der Waals surface area contributed by atoms with Crippen molar-refractivity contribution in [3.05, 3.63) is 53.6 Å². The largest absolute Gasteiger partial charge is 0.507 e. The molecule has 0 spiro atoms. The number of halogens is 2. The third kappa shape index (κ3) is 1.89. The van der Waals surface area contributed by atoms with Crippen LogP contribution in [0.5, 0.6) is 5.75 Å². The number of phenolic OH excluding ortho intramolecular Hbond substituents is 1. The summed E-state index contributed by atoms with van der Waals surface area (Å²) in [6, 6.07) is 8.19. The fourth-order valence-corrected chi connectivity index (χ4v) is 1.57. The number of aryl methyl sites for hydroxylation is 1. The highest BCUT2D eigenvalue weighted by atomic mass is 19.1. The molecule has 0 aliphatic carbocycles. The molecule has 0 bridgehead atoms. The molecule has 0 unspecified atom stereocenters. The highest BCUT2D eigenvalue weighted by Gasteiger charge is 2.10. The molecule has 0 aliphatic rings. The van der Waals surface area contributed by atoms with Crippen molar-refractivity contribution in [3.63, 3.8) is 0 Å². The van der Waals surface area contributed by atoms with Crippen LogP contribution < -0.4 is 0 Å². The van der Waals surface area contributed by atoms with E-state index in [0.717, 1.165) is 11.6 Å². The minimum atomic E-state index is -0.547. The molecule has 2 rings (SSSR count). The van der Waals surface area contributed by atoms with Gasteiger partial charge in [0.1, 0.15) is 17.4 Å². The maximum atomic E-state index is 13.6. The van der Waals surface area contributed by atoms with Gasteiger partial charge in [-0.25, -0.2) is 8.78 Å². The molecule has 16 heavy (non-hydrogen) atoms. The summed E-state index contributed by atoms with van der Waals surface area (Å²) < 4.78 is 26.4. The Labute approximate surface area is 92.0 Å². The fourth-order valence-electron chi connectivity index (χ4n) is 1.57. The molecule has 0 saturated heterocycles. The molecule has 0 aliphatic heterocycles. The van der Waals surface area contributed by atoms with E-state index >= 15 is 0 Å². The lowest BCUT2D eigenvalue weighted by atomic mass is 10.0. The van der Waals surface area contributed by atoms with Crippen LogP contribution >= 0.6 is 0 Å². The van der Waals surface area contributed by atoms with Gasteiger partial charge in [-0.2, -0.15) is 0 Å². The number of hydrogen-bond donors (Lipinski definition) is 1. The van der Waals surface area contributed by atoms with Crippen molar-refractivity contribution in [1.29, 1.82) is 0 Å². The van der Waals surface area contributed by atoms with E-state index in [1.165, 1.54) is 18.2 Å². The van der Waals surface area contributed by atoms with Gasteiger partial charge in [-0.05, 0) is 30.7 Å². The number of phenols is 1. The predicted molar refractivity (Wildman–Crippen MR) is 58.2 cm³/mol. The molecule has 82 valence electrons. The van der Waals surface area contributed by atoms with E-state index in [0.29, 0.717) is 5.56 Å². The monoisotopic (exact) mass is 220 g/mol. The standard InChI is InChI=1S/C13H10F2O/c1-8-2-4-10(12(15)6-8)11-5-3-9(14)7-13(11)16/h2-7,16H,1H3. The lowest BCUT2D eigenvalue weighted by Gasteiger charge is -2.06. The van der Waals surface area contributed by atoms with E-state index in [2.05, 4.69) is 0 Å². The number of benzene rings is 2. The van der Waals surface area contributed by atoms with Crippen molar-refractivity contribution in [1.82, 2.24) is 0 Å². The van der Waals surface area contributed by atoms with E-state index in [1.54, 1.807) is 19.1 Å². The summed E-state index contributed by atoms with van der Waals surface area (Å²) in [7, 11) is 0. The zero-order chi connectivity index (χ0) is 11.7. The summed E-state index contributed by atoms with van der Waals surface area (Å²) in [6.07, 6.45) is 0. The van der Waals surface area contributed by atoms with Gasteiger partial charge < -0.3 is 5.11 Å². The Balaban J connectivity index is 2.59. The molecule has 0 radical (unpaired) electrons. The van der Waals surface area contributed by atoms with Crippen molar-refractivity contribution >= 4 is 0 Å². The highest BCUT2D eigenvalue weighted by Crippen LogP contribution is 2.31. The molecule has 1 N–H and O–H groups in total. The van der Waals surface area contributed by atoms with Gasteiger partial charge in [0.2, 0.25) is 0 Å². The Kier molecular flexibility index (Phi) is 2.60. The average molecular weight is 220 g/mol. The van der Waals surface area contributed by atoms with Gasteiger partial charge >= 0.3 is 0 Å². The molecular weight excluding hydrogens is 210 g/mol. The normalized spacial score (nSPS) is 10.4. The van der Waals surface area contributed by atoms with Crippen LogP contribution in [0, 0.1) is 18.6 Å². The van der Waals surface area contributed by atoms with E-state index in [1.807, 2.05) is 0 Å². The Hall–Kier alpha value is -1.90. The van der Waals surface area contributed by atoms with Gasteiger partial charge in [-0.15, -0.1) is 0 Å². The highest BCUT2D eigenvalue weighted by molar-refractivity contribution is 5.70. The maximum Gasteiger partial charge on any atom is 0.131 e. The molecule has 0 amide bonds. The SMILES string of the molecule is Cc1ccc(-c2ccc(F)cc2O)c(F)c1. The van der Waals surface area contributed by atoms with Crippen molar-refractivity contribution in [3.8, 4) is 16.9 Å². The molecule has 1 nitrogen and oxygen atoms in total. The van der Waals surface area contributed by atoms with Crippen molar-refractivity contribution < 1.29 is 13.9 Å². The van der Waals surface area contributed by atoms with Crippen LogP contribution in [0.3, 0.4) is 0 Å². The van der Waals surface area contributed by atoms with Gasteiger partial charge in [-0.1, -0.05) is 12.1 Å². The van der Waals surface area contributed by atoms with E-state index < -0.39 is 11.6 Å². The van der Waals surface area contributed by atoms with Gasteiger partial charge in [-0.3, -0.25) is 0 Å². The van der Waals surface area contributed by atoms with E-state index in [9.17, 15) is 13.9 Å². The first kappa shape index (κ1) is 10.6. The quantitative estimate of drug-likeness (QED) is 0.777. The molecule has 0 aromatic heterocycles. The first-order valence-corrected chi connectivity index (χ1v) is 4.83. The Bertz CT molecular complexity index is 486. The van der Waals surface area contributed by atoms with Crippen molar-refractivity contribution in [2.75, 3.05) is 0 Å². The summed E-state index contributed by atoms with van der Waals surface area (Å²) in [5, 5.41) is 9.53. The Morgan fingerprint density at radius 1 is 0.938 bits per heavy atom. The summed E-state index contributed by atoms with van der Waals surface area (Å²) in [5.74, 6) is -1.24. The lowest BCUT2D eigenvalue weighted by molar-refractivity contribution is 0.470. The minimum Gasteiger partial charge on any atom is -0.507 e. The number of rotatable bonds is 1. The van der Waals surface area contributed by atoms with Crippen LogP contribution in [-0.4, -0.2) is 5.11 Å². The first-order chi connectivity index (χ1) is 7.58. The van der Waals surface area contributed by atoms with Gasteiger partial charge in [0.15, 0.2) is 0 Å². The lowest BCUT2D eigenvalue weighted by Crippen LogP contribution is -1.87. The van der Waals surface area contributed by atoms with Crippen LogP contribution in [0.2, 0.25) is 0 Å². The molecule has 2 aromatic carbocycles. The molecule has 0 saturated carbocycles. The zero-order valence-corrected chi connectivity index (χ0v) is 8.67. The topological polar surface area (TPSA) is 20.2 Å². The van der Waals surface area contributed by atoms with Gasteiger partial charge in [0.05, 0.1) is 0 Å². The van der Waals surface area contributed by atoms with Crippen LogP contribution in [-0.2, 0) is 0 Å².